The van der Waals surface area contributed by atoms with Crippen molar-refractivity contribution in [2.75, 3.05) is 0 Å². The molecular formula is H5KOSSi2. The summed E-state index contributed by atoms with van der Waals surface area (Å²) in [7, 11) is 0.417. The van der Waals surface area contributed by atoms with Crippen LogP contribution in [-0.2, 0) is 16.2 Å². The van der Waals surface area contributed by atoms with Crippen LogP contribution in [-0.4, -0.2) is 19.4 Å². The molecule has 26 valence electrons. The van der Waals surface area contributed by atoms with E-state index in [1.807, 2.05) is 0 Å². The summed E-state index contributed by atoms with van der Waals surface area (Å²) < 4.78 is 4.63. The molecule has 1 nitrogen and oxygen atoms in total. The molecule has 0 aromatic heterocycles. The van der Waals surface area contributed by atoms with Gasteiger partial charge in [0.2, 0.25) is 0 Å². The average molecular weight is 148 g/mol. The van der Waals surface area contributed by atoms with Gasteiger partial charge in [-0.1, -0.05) is 0 Å². The minimum absolute atomic E-state index is 0. The zero-order valence-electron chi connectivity index (χ0n) is 3.52. The smallest absolute Gasteiger partial charge is 0.776 e. The summed E-state index contributed by atoms with van der Waals surface area (Å²) in [5.74, 6) is 0. The van der Waals surface area contributed by atoms with Crippen molar-refractivity contribution in [1.82, 2.24) is 0 Å². The van der Waals surface area contributed by atoms with Gasteiger partial charge in [-0.2, -0.15) is 0 Å². The molecule has 0 bridgehead atoms. The first-order valence-electron chi connectivity index (χ1n) is 0.986. The molecule has 0 aliphatic carbocycles. The van der Waals surface area contributed by atoms with Crippen LogP contribution >= 0.6 is 0 Å². The first-order valence-corrected chi connectivity index (χ1v) is 4.69. The third-order valence-electron chi connectivity index (χ3n) is 0.118. The van der Waals surface area contributed by atoms with Crippen LogP contribution in [0.25, 0.3) is 0 Å². The van der Waals surface area contributed by atoms with Gasteiger partial charge in [0.05, 0.1) is 0 Å². The molecule has 0 aromatic rings. The maximum Gasteiger partial charge on any atom is 1.00 e. The third-order valence-corrected chi connectivity index (χ3v) is 3.18. The molecule has 0 spiro atoms. The number of hydrogen-bond acceptors (Lipinski definition) is 2. The molecule has 0 amide bonds. The van der Waals surface area contributed by atoms with Gasteiger partial charge in [0, 0.05) is 8.91 Å². The minimum atomic E-state index is -0.431. The Morgan fingerprint density at radius 2 is 2.00 bits per heavy atom. The largest absolute Gasteiger partial charge is 1.00 e. The van der Waals surface area contributed by atoms with Crippen molar-refractivity contribution in [3.05, 3.63) is 0 Å². The van der Waals surface area contributed by atoms with Gasteiger partial charge >= 0.3 is 51.4 Å². The maximum absolute atomic E-state index is 4.63. The Kier molecular flexibility index (Phi) is 20.0. The Morgan fingerprint density at radius 3 is 2.00 bits per heavy atom. The molecular weight excluding hydrogens is 143 g/mol. The molecule has 0 radical (unpaired) electrons. The summed E-state index contributed by atoms with van der Waals surface area (Å²) in [6.45, 7) is 0. The van der Waals surface area contributed by atoms with Gasteiger partial charge in [-0.3, -0.25) is 0 Å². The Morgan fingerprint density at radius 1 is 1.80 bits per heavy atom. The first-order chi connectivity index (χ1) is 1.91. The summed E-state index contributed by atoms with van der Waals surface area (Å²) in [4.78, 5) is 0. The van der Waals surface area contributed by atoms with Gasteiger partial charge in [0.1, 0.15) is 10.5 Å². The van der Waals surface area contributed by atoms with E-state index in [4.69, 9.17) is 0 Å². The van der Waals surface area contributed by atoms with Crippen LogP contribution in [0, 0.1) is 0 Å². The molecule has 0 fully saturated rings. The van der Waals surface area contributed by atoms with Gasteiger partial charge in [-0.25, -0.2) is 0 Å². The van der Waals surface area contributed by atoms with E-state index < -0.39 is 8.91 Å². The molecule has 0 aliphatic heterocycles. The molecule has 0 N–H and O–H groups in total. The van der Waals surface area contributed by atoms with E-state index in [0.29, 0.717) is 0 Å². The van der Waals surface area contributed by atoms with E-state index in [1.165, 1.54) is 0 Å². The Hall–Kier alpha value is 2.38. The van der Waals surface area contributed by atoms with E-state index in [-0.39, 0.29) is 51.4 Å². The number of rotatable bonds is 1. The molecule has 5 heavy (non-hydrogen) atoms. The molecule has 5 heteroatoms. The van der Waals surface area contributed by atoms with Crippen molar-refractivity contribution in [3.63, 3.8) is 0 Å². The van der Waals surface area contributed by atoms with Crippen molar-refractivity contribution in [2.45, 2.75) is 0 Å². The Bertz CT molecular complexity index is 11.6. The topological polar surface area (TPSA) is 9.23 Å². The molecule has 0 aliphatic rings. The van der Waals surface area contributed by atoms with Crippen LogP contribution < -0.4 is 51.4 Å². The summed E-state index contributed by atoms with van der Waals surface area (Å²) in [5, 5.41) is 0. The van der Waals surface area contributed by atoms with E-state index in [9.17, 15) is 0 Å². The van der Waals surface area contributed by atoms with Gasteiger partial charge in [-0.15, -0.1) is 0 Å². The summed E-state index contributed by atoms with van der Waals surface area (Å²) in [5.41, 5.74) is 0. The van der Waals surface area contributed by atoms with E-state index >= 15 is 0 Å². The van der Waals surface area contributed by atoms with Crippen molar-refractivity contribution < 1.29 is 55.5 Å². The Balaban J connectivity index is 0. The molecule has 0 unspecified atom stereocenters. The SMILES string of the molecule is [K+].[SiH3]O[SiH2][S-]. The predicted molar refractivity (Wildman–Crippen MR) is 26.9 cm³/mol. The van der Waals surface area contributed by atoms with Gasteiger partial charge in [0.25, 0.3) is 0 Å². The second kappa shape index (κ2) is 9.63. The van der Waals surface area contributed by atoms with Crippen molar-refractivity contribution >= 4 is 31.5 Å². The van der Waals surface area contributed by atoms with Crippen LogP contribution in [0.3, 0.4) is 0 Å². The predicted octanol–water partition coefficient (Wildman–Crippen LogP) is -5.17. The van der Waals surface area contributed by atoms with E-state index in [0.717, 1.165) is 10.5 Å². The van der Waals surface area contributed by atoms with Crippen molar-refractivity contribution in [2.24, 2.45) is 0 Å². The zero-order chi connectivity index (χ0) is 3.41. The fourth-order valence-corrected chi connectivity index (χ4v) is 0. The van der Waals surface area contributed by atoms with Gasteiger partial charge < -0.3 is 16.2 Å². The van der Waals surface area contributed by atoms with Crippen LogP contribution in [0.5, 0.6) is 0 Å². The van der Waals surface area contributed by atoms with Crippen molar-refractivity contribution in [3.8, 4) is 0 Å². The fourth-order valence-electron chi connectivity index (χ4n) is 0. The maximum atomic E-state index is 4.63. The standard InChI is InChI=1S/K.H5OSSi2/c;2-4-1-3/h;4H2,3H3/q+1;-1. The molecule has 0 aromatic carbocycles. The Labute approximate surface area is 85.2 Å². The zero-order valence-corrected chi connectivity index (χ0v) is 10.9. The van der Waals surface area contributed by atoms with E-state index in [2.05, 4.69) is 16.2 Å². The minimum Gasteiger partial charge on any atom is -0.776 e. The van der Waals surface area contributed by atoms with Crippen LogP contribution in [0.15, 0.2) is 0 Å². The number of hydrogen-bond donors (Lipinski definition) is 0. The molecule has 0 saturated carbocycles. The monoisotopic (exact) mass is 148 g/mol. The van der Waals surface area contributed by atoms with E-state index in [1.54, 1.807) is 0 Å². The van der Waals surface area contributed by atoms with Gasteiger partial charge in [-0.05, 0) is 0 Å². The molecule has 0 heterocycles. The van der Waals surface area contributed by atoms with Crippen LogP contribution in [0.2, 0.25) is 0 Å². The normalized spacial score (nSPS) is 9.00. The average Bonchev–Trinajstić information content (AvgIpc) is 1.37. The van der Waals surface area contributed by atoms with Crippen molar-refractivity contribution in [1.29, 1.82) is 0 Å². The summed E-state index contributed by atoms with van der Waals surface area (Å²) >= 11 is 4.50. The van der Waals surface area contributed by atoms with Gasteiger partial charge in [0.15, 0.2) is 0 Å². The first kappa shape index (κ1) is 10.4. The van der Waals surface area contributed by atoms with Crippen LogP contribution in [0.4, 0.5) is 0 Å². The second-order valence-electron chi connectivity index (χ2n) is 0.407. The molecule has 0 atom stereocenters. The summed E-state index contributed by atoms with van der Waals surface area (Å²) in [6.07, 6.45) is 0. The molecule has 0 rings (SSSR count). The quantitative estimate of drug-likeness (QED) is 0.272. The molecule has 0 saturated heterocycles. The third kappa shape index (κ3) is 10.7. The van der Waals surface area contributed by atoms with Crippen LogP contribution in [0.1, 0.15) is 0 Å². The fraction of sp³-hybridized carbons (Fsp3) is 0. The summed E-state index contributed by atoms with van der Waals surface area (Å²) in [6, 6.07) is 0. The second-order valence-corrected chi connectivity index (χ2v) is 3.66.